The summed E-state index contributed by atoms with van der Waals surface area (Å²) in [6.07, 6.45) is 2.41. The molecule has 0 saturated carbocycles. The highest BCUT2D eigenvalue weighted by Gasteiger charge is 2.50. The number of pyridine rings is 2. The van der Waals surface area contributed by atoms with E-state index in [1.165, 1.54) is 6.92 Å². The number of ketones is 1. The van der Waals surface area contributed by atoms with Crippen LogP contribution in [0.5, 0.6) is 0 Å². The quantitative estimate of drug-likeness (QED) is 0.0804. The van der Waals surface area contributed by atoms with Crippen molar-refractivity contribution < 1.29 is 38.2 Å². The molecule has 5 rings (SSSR count). The van der Waals surface area contributed by atoms with Crippen molar-refractivity contribution in [2.75, 3.05) is 13.1 Å². The summed E-state index contributed by atoms with van der Waals surface area (Å²) in [4.78, 5) is 94.3. The fourth-order valence-electron chi connectivity index (χ4n) is 7.16. The van der Waals surface area contributed by atoms with E-state index in [1.54, 1.807) is 17.6 Å². The Kier molecular flexibility index (Phi) is 13.0. The summed E-state index contributed by atoms with van der Waals surface area (Å²) in [7, 11) is 0. The molecule has 15 nitrogen and oxygen atoms in total. The van der Waals surface area contributed by atoms with Crippen molar-refractivity contribution in [3.63, 3.8) is 0 Å². The number of esters is 2. The summed E-state index contributed by atoms with van der Waals surface area (Å²) in [5.41, 5.74) is 12.1. The van der Waals surface area contributed by atoms with Crippen LogP contribution in [0.4, 0.5) is 0 Å². The molecule has 0 bridgehead atoms. The van der Waals surface area contributed by atoms with E-state index in [9.17, 15) is 33.6 Å². The van der Waals surface area contributed by atoms with Crippen LogP contribution in [0.1, 0.15) is 94.7 Å². The average Bonchev–Trinajstić information content (AvgIpc) is 3.50. The normalized spacial score (nSPS) is 16.7. The number of nitrogens with zero attached hydrogens (tertiary/aromatic N) is 2. The maximum Gasteiger partial charge on any atom is 0.355 e. The number of rotatable bonds is 19. The van der Waals surface area contributed by atoms with E-state index in [2.05, 4.69) is 10.6 Å². The fraction of sp³-hybridized carbons (Fsp3) is 0.487. The third-order valence-corrected chi connectivity index (χ3v) is 10.1. The minimum Gasteiger partial charge on any atom is -0.457 e. The number of hydrogen-bond donors (Lipinski definition) is 4. The van der Waals surface area contributed by atoms with Gasteiger partial charge in [-0.25, -0.2) is 9.78 Å². The van der Waals surface area contributed by atoms with Crippen LogP contribution >= 0.6 is 0 Å². The van der Waals surface area contributed by atoms with Gasteiger partial charge in [-0.05, 0) is 63.3 Å². The Morgan fingerprint density at radius 2 is 1.80 bits per heavy atom. The van der Waals surface area contributed by atoms with Gasteiger partial charge < -0.3 is 36.1 Å². The van der Waals surface area contributed by atoms with Crippen LogP contribution in [-0.2, 0) is 57.0 Å². The number of hydrogen-bond acceptors (Lipinski definition) is 11. The Morgan fingerprint density at radius 1 is 1.04 bits per heavy atom. The molecule has 3 amide bonds. The standard InChI is InChI=1S/C39H48N6O9/c1-3-39(28-20-31-35-26(18-24-10-4-5-12-29(24)44-35)21-45(31)37(51)27(28)22-53-38(39)52)54-34(49)15-14-33(48)42-17-9-7-11-25(36(41)50)19-32(47)30(43-23(2)46)13-6-8-16-40/h4-5,10,12,18,20,25,30H,3,6-9,11,13-17,19,21-22,40H2,1-2H3,(H2,41,50)(H,42,48)(H,43,46)/t25-,30+,39+/m1/s1. The van der Waals surface area contributed by atoms with Crippen molar-refractivity contribution in [3.05, 3.63) is 63.4 Å². The van der Waals surface area contributed by atoms with E-state index in [4.69, 9.17) is 25.9 Å². The summed E-state index contributed by atoms with van der Waals surface area (Å²) in [5, 5.41) is 6.31. The molecule has 6 N–H and O–H groups in total. The minimum atomic E-state index is -1.87. The number of nitrogens with two attached hydrogens (primary N) is 2. The number of carbonyl (C=O) groups excluding carboxylic acids is 6. The van der Waals surface area contributed by atoms with Crippen LogP contribution < -0.4 is 27.7 Å². The van der Waals surface area contributed by atoms with Crippen molar-refractivity contribution in [1.29, 1.82) is 0 Å². The highest BCUT2D eigenvalue weighted by Crippen LogP contribution is 2.41. The lowest BCUT2D eigenvalue weighted by Crippen LogP contribution is -2.47. The lowest BCUT2D eigenvalue weighted by Gasteiger charge is -2.35. The van der Waals surface area contributed by atoms with Crippen molar-refractivity contribution >= 4 is 46.3 Å². The molecule has 4 heterocycles. The van der Waals surface area contributed by atoms with Crippen LogP contribution in [0.2, 0.25) is 0 Å². The molecule has 2 aliphatic rings. The molecule has 288 valence electrons. The lowest BCUT2D eigenvalue weighted by molar-refractivity contribution is -0.189. The van der Waals surface area contributed by atoms with Gasteiger partial charge in [-0.2, -0.15) is 0 Å². The number of cyclic esters (lactones) is 1. The van der Waals surface area contributed by atoms with Crippen LogP contribution in [0.3, 0.4) is 0 Å². The maximum absolute atomic E-state index is 13.7. The van der Waals surface area contributed by atoms with E-state index in [0.29, 0.717) is 63.0 Å². The number of Topliss-reactive ketones (excluding diaryl/α,β-unsaturated/α-hetero) is 1. The summed E-state index contributed by atoms with van der Waals surface area (Å²) >= 11 is 0. The topological polar surface area (TPSA) is 232 Å². The van der Waals surface area contributed by atoms with Gasteiger partial charge in [-0.15, -0.1) is 0 Å². The van der Waals surface area contributed by atoms with Crippen molar-refractivity contribution in [3.8, 4) is 11.4 Å². The Bertz CT molecular complexity index is 2010. The molecule has 54 heavy (non-hydrogen) atoms. The predicted molar refractivity (Wildman–Crippen MR) is 197 cm³/mol. The van der Waals surface area contributed by atoms with Gasteiger partial charge in [0.15, 0.2) is 5.78 Å². The number of unbranched alkanes of at least 4 members (excludes halogenated alkanes) is 2. The Labute approximate surface area is 312 Å². The van der Waals surface area contributed by atoms with Gasteiger partial charge in [0, 0.05) is 48.7 Å². The van der Waals surface area contributed by atoms with Crippen LogP contribution in [-0.4, -0.2) is 64.1 Å². The summed E-state index contributed by atoms with van der Waals surface area (Å²) in [6, 6.07) is 10.6. The Hall–Kier alpha value is -5.44. The molecule has 0 fully saturated rings. The number of para-hydroxylation sites is 1. The number of ether oxygens (including phenoxy) is 2. The zero-order chi connectivity index (χ0) is 39.0. The molecule has 0 unspecified atom stereocenters. The smallest absolute Gasteiger partial charge is 0.355 e. The number of fused-ring (bicyclic) bond motifs is 5. The van der Waals surface area contributed by atoms with Gasteiger partial charge in [-0.1, -0.05) is 31.5 Å². The van der Waals surface area contributed by atoms with Gasteiger partial charge in [0.1, 0.15) is 6.61 Å². The van der Waals surface area contributed by atoms with Gasteiger partial charge in [0.2, 0.25) is 23.3 Å². The molecule has 0 saturated heterocycles. The molecule has 0 radical (unpaired) electrons. The predicted octanol–water partition coefficient (Wildman–Crippen LogP) is 2.39. The zero-order valence-electron chi connectivity index (χ0n) is 30.7. The molecule has 2 aromatic heterocycles. The Morgan fingerprint density at radius 3 is 2.52 bits per heavy atom. The number of primary amides is 1. The Balaban J connectivity index is 1.15. The third-order valence-electron chi connectivity index (χ3n) is 10.1. The van der Waals surface area contributed by atoms with E-state index >= 15 is 0 Å². The number of amides is 3. The molecule has 2 aliphatic heterocycles. The first-order valence-corrected chi connectivity index (χ1v) is 18.5. The lowest BCUT2D eigenvalue weighted by atomic mass is 9.85. The number of nitrogens with one attached hydrogen (secondary N) is 2. The molecule has 1 aromatic carbocycles. The first-order chi connectivity index (χ1) is 25.9. The highest BCUT2D eigenvalue weighted by molar-refractivity contribution is 5.92. The average molecular weight is 745 g/mol. The maximum atomic E-state index is 13.7. The van der Waals surface area contributed by atoms with E-state index in [1.807, 2.05) is 30.3 Å². The SMILES string of the molecule is CC[C@@]1(OC(=O)CCC(=O)NCCCC[C@H](CC(=O)[C@H](CCCCN)NC(C)=O)C(N)=O)C(=O)OCc2c1cc1n(c2=O)Cc2cc3ccccc3nc2-1. The largest absolute Gasteiger partial charge is 0.457 e. The van der Waals surface area contributed by atoms with Crippen molar-refractivity contribution in [2.45, 2.75) is 103 Å². The molecule has 3 aromatic rings. The minimum absolute atomic E-state index is 0.00224. The van der Waals surface area contributed by atoms with Crippen molar-refractivity contribution in [1.82, 2.24) is 20.2 Å². The summed E-state index contributed by atoms with van der Waals surface area (Å²) in [6.45, 7) is 3.74. The van der Waals surface area contributed by atoms with E-state index < -0.39 is 41.3 Å². The second-order valence-electron chi connectivity index (χ2n) is 13.9. The van der Waals surface area contributed by atoms with Crippen LogP contribution in [0.15, 0.2) is 41.2 Å². The van der Waals surface area contributed by atoms with Gasteiger partial charge in [0.05, 0.1) is 41.5 Å². The number of carbonyl (C=O) groups is 6. The number of benzene rings is 1. The summed E-state index contributed by atoms with van der Waals surface area (Å²) in [5.74, 6) is -3.98. The van der Waals surface area contributed by atoms with Crippen LogP contribution in [0, 0.1) is 5.92 Å². The molecule has 15 heteroatoms. The molecular formula is C39H48N6O9. The summed E-state index contributed by atoms with van der Waals surface area (Å²) < 4.78 is 12.8. The third kappa shape index (κ3) is 8.84. The zero-order valence-corrected chi connectivity index (χ0v) is 30.7. The van der Waals surface area contributed by atoms with Crippen molar-refractivity contribution in [2.24, 2.45) is 17.4 Å². The van der Waals surface area contributed by atoms with E-state index in [0.717, 1.165) is 16.5 Å². The van der Waals surface area contributed by atoms with Crippen LogP contribution in [0.25, 0.3) is 22.3 Å². The molecule has 0 aliphatic carbocycles. The molecule has 3 atom stereocenters. The molecule has 0 spiro atoms. The first kappa shape index (κ1) is 39.8. The highest BCUT2D eigenvalue weighted by atomic mass is 16.6. The molecular weight excluding hydrogens is 696 g/mol. The van der Waals surface area contributed by atoms with E-state index in [-0.39, 0.29) is 67.2 Å². The monoisotopic (exact) mass is 744 g/mol. The first-order valence-electron chi connectivity index (χ1n) is 18.5. The second-order valence-corrected chi connectivity index (χ2v) is 13.9. The van der Waals surface area contributed by atoms with Gasteiger partial charge >= 0.3 is 11.9 Å². The fourth-order valence-corrected chi connectivity index (χ4v) is 7.16. The van der Waals surface area contributed by atoms with Gasteiger partial charge in [-0.3, -0.25) is 28.8 Å². The van der Waals surface area contributed by atoms with Gasteiger partial charge in [0.25, 0.3) is 5.56 Å². The number of aromatic nitrogens is 2. The second kappa shape index (κ2) is 17.6.